The van der Waals surface area contributed by atoms with Crippen LogP contribution < -0.4 is 5.73 Å². The van der Waals surface area contributed by atoms with Crippen LogP contribution in [0.25, 0.3) is 0 Å². The Morgan fingerprint density at radius 2 is 1.69 bits per heavy atom. The van der Waals surface area contributed by atoms with Crippen molar-refractivity contribution in [2.45, 2.75) is 36.1 Å². The lowest BCUT2D eigenvalue weighted by Gasteiger charge is -2.24. The maximum atomic E-state index is 13.6. The van der Waals surface area contributed by atoms with Crippen LogP contribution in [0.3, 0.4) is 0 Å². The summed E-state index contributed by atoms with van der Waals surface area (Å²) in [4.78, 5) is 0.0744. The molecule has 0 saturated heterocycles. The quantitative estimate of drug-likeness (QED) is 0.805. The Labute approximate surface area is 98.4 Å². The van der Waals surface area contributed by atoms with Gasteiger partial charge in [0.25, 0.3) is 0 Å². The fourth-order valence-electron chi connectivity index (χ4n) is 2.34. The van der Waals surface area contributed by atoms with Gasteiger partial charge in [0.1, 0.15) is 11.6 Å². The van der Waals surface area contributed by atoms with E-state index < -0.39 is 17.2 Å². The second-order valence-corrected chi connectivity index (χ2v) is 5.15. The molecule has 1 aliphatic rings. The minimum Gasteiger partial charge on any atom is -0.321 e. The fourth-order valence-corrected chi connectivity index (χ4v) is 2.84. The first-order valence-electron chi connectivity index (χ1n) is 5.39. The predicted octanol–water partition coefficient (Wildman–Crippen LogP) is 3.41. The Hall–Kier alpha value is -0.610. The van der Waals surface area contributed by atoms with Gasteiger partial charge in [-0.3, -0.25) is 0 Å². The topological polar surface area (TPSA) is 26.0 Å². The van der Waals surface area contributed by atoms with Crippen molar-refractivity contribution in [2.75, 3.05) is 6.26 Å². The first-order chi connectivity index (χ1) is 7.57. The number of hydrogen-bond acceptors (Lipinski definition) is 2. The van der Waals surface area contributed by atoms with Gasteiger partial charge in [-0.1, -0.05) is 12.8 Å². The molecule has 0 aromatic heterocycles. The van der Waals surface area contributed by atoms with E-state index in [2.05, 4.69) is 0 Å². The van der Waals surface area contributed by atoms with Gasteiger partial charge in [-0.15, -0.1) is 11.8 Å². The predicted molar refractivity (Wildman–Crippen MR) is 62.5 cm³/mol. The SMILES string of the molecule is CSc1c(F)cc(C2(N)CCCC2)cc1F. The molecule has 0 heterocycles. The molecular formula is C12H15F2NS. The smallest absolute Gasteiger partial charge is 0.140 e. The molecule has 4 heteroatoms. The van der Waals surface area contributed by atoms with Crippen LogP contribution in [0, 0.1) is 11.6 Å². The van der Waals surface area contributed by atoms with Crippen LogP contribution in [0.2, 0.25) is 0 Å². The molecule has 1 aromatic rings. The zero-order valence-electron chi connectivity index (χ0n) is 9.22. The molecule has 1 nitrogen and oxygen atoms in total. The van der Waals surface area contributed by atoms with E-state index in [1.54, 1.807) is 6.26 Å². The van der Waals surface area contributed by atoms with Gasteiger partial charge in [0, 0.05) is 5.54 Å². The van der Waals surface area contributed by atoms with E-state index in [0.29, 0.717) is 5.56 Å². The molecule has 1 aromatic carbocycles. The zero-order chi connectivity index (χ0) is 11.8. The van der Waals surface area contributed by atoms with Gasteiger partial charge in [-0.25, -0.2) is 8.78 Å². The van der Waals surface area contributed by atoms with E-state index in [1.807, 2.05) is 0 Å². The molecule has 88 valence electrons. The van der Waals surface area contributed by atoms with Crippen molar-refractivity contribution in [2.24, 2.45) is 5.73 Å². The summed E-state index contributed by atoms with van der Waals surface area (Å²) in [5.41, 5.74) is 6.24. The fraction of sp³-hybridized carbons (Fsp3) is 0.500. The number of rotatable bonds is 2. The van der Waals surface area contributed by atoms with Crippen molar-refractivity contribution in [1.29, 1.82) is 0 Å². The lowest BCUT2D eigenvalue weighted by atomic mass is 9.89. The summed E-state index contributed by atoms with van der Waals surface area (Å²) in [6, 6.07) is 2.78. The lowest BCUT2D eigenvalue weighted by molar-refractivity contribution is 0.447. The first kappa shape index (κ1) is 11.9. The van der Waals surface area contributed by atoms with E-state index in [-0.39, 0.29) is 4.90 Å². The molecule has 1 fully saturated rings. The van der Waals surface area contributed by atoms with Gasteiger partial charge in [-0.2, -0.15) is 0 Å². The van der Waals surface area contributed by atoms with Gasteiger partial charge in [0.15, 0.2) is 0 Å². The Balaban J connectivity index is 2.43. The minimum atomic E-state index is -0.529. The Morgan fingerprint density at radius 3 is 2.12 bits per heavy atom. The Kier molecular flexibility index (Phi) is 3.22. The Morgan fingerprint density at radius 1 is 1.19 bits per heavy atom. The van der Waals surface area contributed by atoms with Crippen LogP contribution in [0.5, 0.6) is 0 Å². The van der Waals surface area contributed by atoms with Crippen molar-refractivity contribution in [1.82, 2.24) is 0 Å². The van der Waals surface area contributed by atoms with Crippen molar-refractivity contribution < 1.29 is 8.78 Å². The summed E-state index contributed by atoms with van der Waals surface area (Å²) in [5.74, 6) is -1.00. The maximum Gasteiger partial charge on any atom is 0.140 e. The largest absolute Gasteiger partial charge is 0.321 e. The van der Waals surface area contributed by atoms with Crippen LogP contribution in [0.1, 0.15) is 31.2 Å². The standard InChI is InChI=1S/C12H15F2NS/c1-16-11-9(13)6-8(7-10(11)14)12(15)4-2-3-5-12/h6-7H,2-5,15H2,1H3. The molecular weight excluding hydrogens is 228 g/mol. The summed E-state index contributed by atoms with van der Waals surface area (Å²) in [6.07, 6.45) is 5.35. The van der Waals surface area contributed by atoms with Crippen LogP contribution in [0.4, 0.5) is 8.78 Å². The third-order valence-electron chi connectivity index (χ3n) is 3.27. The van der Waals surface area contributed by atoms with Gasteiger partial charge in [0.05, 0.1) is 4.90 Å². The molecule has 1 saturated carbocycles. The number of nitrogens with two attached hydrogens (primary N) is 1. The molecule has 2 rings (SSSR count). The third kappa shape index (κ3) is 1.96. The van der Waals surface area contributed by atoms with Crippen molar-refractivity contribution in [3.05, 3.63) is 29.3 Å². The molecule has 0 amide bonds. The summed E-state index contributed by atoms with van der Waals surface area (Å²) in [6.45, 7) is 0. The highest BCUT2D eigenvalue weighted by Gasteiger charge is 2.32. The van der Waals surface area contributed by atoms with Gasteiger partial charge >= 0.3 is 0 Å². The van der Waals surface area contributed by atoms with E-state index in [4.69, 9.17) is 5.73 Å². The highest BCUT2D eigenvalue weighted by molar-refractivity contribution is 7.98. The monoisotopic (exact) mass is 243 g/mol. The van der Waals surface area contributed by atoms with Crippen LogP contribution in [-0.4, -0.2) is 6.26 Å². The average molecular weight is 243 g/mol. The molecule has 0 radical (unpaired) electrons. The van der Waals surface area contributed by atoms with E-state index in [0.717, 1.165) is 37.4 Å². The van der Waals surface area contributed by atoms with Crippen LogP contribution in [0.15, 0.2) is 17.0 Å². The van der Waals surface area contributed by atoms with Crippen molar-refractivity contribution in [3.63, 3.8) is 0 Å². The van der Waals surface area contributed by atoms with Gasteiger partial charge < -0.3 is 5.73 Å². The zero-order valence-corrected chi connectivity index (χ0v) is 10.0. The van der Waals surface area contributed by atoms with Crippen LogP contribution in [-0.2, 0) is 5.54 Å². The minimum absolute atomic E-state index is 0.0744. The molecule has 0 atom stereocenters. The highest BCUT2D eigenvalue weighted by atomic mass is 32.2. The summed E-state index contributed by atoms with van der Waals surface area (Å²) >= 11 is 1.08. The molecule has 16 heavy (non-hydrogen) atoms. The number of halogens is 2. The molecule has 0 spiro atoms. The second-order valence-electron chi connectivity index (χ2n) is 4.34. The normalized spacial score (nSPS) is 19.0. The molecule has 0 bridgehead atoms. The molecule has 2 N–H and O–H groups in total. The molecule has 0 unspecified atom stereocenters. The number of benzene rings is 1. The van der Waals surface area contributed by atoms with Gasteiger partial charge in [-0.05, 0) is 36.8 Å². The number of hydrogen-bond donors (Lipinski definition) is 1. The summed E-state index contributed by atoms with van der Waals surface area (Å²) < 4.78 is 27.2. The van der Waals surface area contributed by atoms with Crippen LogP contribution >= 0.6 is 11.8 Å². The maximum absolute atomic E-state index is 13.6. The highest BCUT2D eigenvalue weighted by Crippen LogP contribution is 2.38. The number of thioether (sulfide) groups is 1. The van der Waals surface area contributed by atoms with Crippen molar-refractivity contribution in [3.8, 4) is 0 Å². The van der Waals surface area contributed by atoms with Crippen molar-refractivity contribution >= 4 is 11.8 Å². The first-order valence-corrected chi connectivity index (χ1v) is 6.62. The average Bonchev–Trinajstić information content (AvgIpc) is 2.66. The summed E-state index contributed by atoms with van der Waals surface area (Å²) in [5, 5.41) is 0. The van der Waals surface area contributed by atoms with E-state index in [9.17, 15) is 8.78 Å². The van der Waals surface area contributed by atoms with Gasteiger partial charge in [0.2, 0.25) is 0 Å². The lowest BCUT2D eigenvalue weighted by Crippen LogP contribution is -2.33. The third-order valence-corrected chi connectivity index (χ3v) is 4.07. The van der Waals surface area contributed by atoms with E-state index in [1.165, 1.54) is 12.1 Å². The molecule has 1 aliphatic carbocycles. The second kappa shape index (κ2) is 4.34. The molecule has 0 aliphatic heterocycles. The summed E-state index contributed by atoms with van der Waals surface area (Å²) in [7, 11) is 0. The Bertz CT molecular complexity index is 377. The van der Waals surface area contributed by atoms with E-state index >= 15 is 0 Å².